The molecule has 0 saturated carbocycles. The van der Waals surface area contributed by atoms with Gasteiger partial charge in [-0.1, -0.05) is 60.0 Å². The van der Waals surface area contributed by atoms with Gasteiger partial charge in [-0.05, 0) is 41.7 Å². The predicted octanol–water partition coefficient (Wildman–Crippen LogP) is 6.24. The standard InChI is InChI=1S/C17H36OSi2/c1-11-16(12-13-19(6,7)8)15(2)14-18-20(9,10)17(3,4)5/h12H,2,11,13-14H2,1,3-10H3/b16-12+. The summed E-state index contributed by atoms with van der Waals surface area (Å²) in [6, 6.07) is 1.23. The zero-order chi connectivity index (χ0) is 16.2. The van der Waals surface area contributed by atoms with Crippen LogP contribution in [0.25, 0.3) is 0 Å². The van der Waals surface area contributed by atoms with E-state index >= 15 is 0 Å². The minimum atomic E-state index is -1.67. The fourth-order valence-corrected chi connectivity index (χ4v) is 3.37. The van der Waals surface area contributed by atoms with Crippen LogP contribution in [0.4, 0.5) is 0 Å². The number of hydrogen-bond donors (Lipinski definition) is 0. The molecule has 0 aromatic rings. The van der Waals surface area contributed by atoms with E-state index in [4.69, 9.17) is 4.43 Å². The molecule has 20 heavy (non-hydrogen) atoms. The highest BCUT2D eigenvalue weighted by atomic mass is 28.4. The van der Waals surface area contributed by atoms with E-state index in [0.29, 0.717) is 6.61 Å². The van der Waals surface area contributed by atoms with Crippen LogP contribution in [-0.4, -0.2) is 23.0 Å². The van der Waals surface area contributed by atoms with Crippen molar-refractivity contribution >= 4 is 16.4 Å². The van der Waals surface area contributed by atoms with Crippen LogP contribution in [0.15, 0.2) is 23.8 Å². The molecule has 0 aromatic heterocycles. The fourth-order valence-electron chi connectivity index (χ4n) is 1.54. The van der Waals surface area contributed by atoms with Gasteiger partial charge in [-0.3, -0.25) is 0 Å². The van der Waals surface area contributed by atoms with Crippen LogP contribution in [0.2, 0.25) is 43.8 Å². The Morgan fingerprint density at radius 2 is 1.60 bits per heavy atom. The minimum Gasteiger partial charge on any atom is -0.413 e. The maximum atomic E-state index is 6.28. The van der Waals surface area contributed by atoms with Gasteiger partial charge in [0.25, 0.3) is 0 Å². The third-order valence-corrected chi connectivity index (χ3v) is 10.1. The van der Waals surface area contributed by atoms with Crippen LogP contribution < -0.4 is 0 Å². The van der Waals surface area contributed by atoms with E-state index in [1.54, 1.807) is 0 Å². The monoisotopic (exact) mass is 312 g/mol. The summed E-state index contributed by atoms with van der Waals surface area (Å²) < 4.78 is 6.28. The zero-order valence-electron chi connectivity index (χ0n) is 15.3. The molecule has 0 aliphatic heterocycles. The maximum Gasteiger partial charge on any atom is 0.192 e. The lowest BCUT2D eigenvalue weighted by atomic mass is 10.1. The summed E-state index contributed by atoms with van der Waals surface area (Å²) in [5.41, 5.74) is 2.57. The van der Waals surface area contributed by atoms with Crippen molar-refractivity contribution in [2.45, 2.75) is 77.9 Å². The normalized spacial score (nSPS) is 14.6. The average molecular weight is 313 g/mol. The summed E-state index contributed by atoms with van der Waals surface area (Å²) >= 11 is 0. The highest BCUT2D eigenvalue weighted by molar-refractivity contribution is 6.76. The first-order valence-corrected chi connectivity index (χ1v) is 14.4. The van der Waals surface area contributed by atoms with Gasteiger partial charge in [0.2, 0.25) is 0 Å². The molecule has 118 valence electrons. The van der Waals surface area contributed by atoms with Gasteiger partial charge in [-0.15, -0.1) is 0 Å². The molecule has 0 aromatic carbocycles. The lowest BCUT2D eigenvalue weighted by molar-refractivity contribution is 0.320. The van der Waals surface area contributed by atoms with Gasteiger partial charge in [0.05, 0.1) is 6.61 Å². The Morgan fingerprint density at radius 1 is 1.10 bits per heavy atom. The molecule has 1 nitrogen and oxygen atoms in total. The third kappa shape index (κ3) is 7.05. The number of rotatable bonds is 7. The molecular weight excluding hydrogens is 276 g/mol. The Balaban J connectivity index is 4.67. The topological polar surface area (TPSA) is 9.23 Å². The SMILES string of the molecule is C=C(CO[Si](C)(C)C(C)(C)C)/C(=C/C[Si](C)(C)C)CC. The molecule has 0 bridgehead atoms. The summed E-state index contributed by atoms with van der Waals surface area (Å²) in [7, 11) is -2.69. The highest BCUT2D eigenvalue weighted by Crippen LogP contribution is 2.37. The summed E-state index contributed by atoms with van der Waals surface area (Å²) in [4.78, 5) is 0. The van der Waals surface area contributed by atoms with Gasteiger partial charge in [-0.25, -0.2) is 0 Å². The predicted molar refractivity (Wildman–Crippen MR) is 98.8 cm³/mol. The van der Waals surface area contributed by atoms with Crippen LogP contribution in [-0.2, 0) is 4.43 Å². The van der Waals surface area contributed by atoms with Crippen molar-refractivity contribution in [3.63, 3.8) is 0 Å². The number of allylic oxidation sites excluding steroid dienone is 1. The van der Waals surface area contributed by atoms with E-state index in [-0.39, 0.29) is 5.04 Å². The average Bonchev–Trinajstić information content (AvgIpc) is 2.24. The van der Waals surface area contributed by atoms with Crippen LogP contribution in [0.3, 0.4) is 0 Å². The lowest BCUT2D eigenvalue weighted by Gasteiger charge is -2.36. The second-order valence-corrected chi connectivity index (χ2v) is 18.8. The van der Waals surface area contributed by atoms with Gasteiger partial charge in [0.15, 0.2) is 8.32 Å². The zero-order valence-corrected chi connectivity index (χ0v) is 17.3. The highest BCUT2D eigenvalue weighted by Gasteiger charge is 2.37. The quantitative estimate of drug-likeness (QED) is 0.399. The molecule has 0 aliphatic rings. The van der Waals surface area contributed by atoms with Gasteiger partial charge in [0.1, 0.15) is 0 Å². The third-order valence-electron chi connectivity index (χ3n) is 4.21. The molecule has 0 radical (unpaired) electrons. The van der Waals surface area contributed by atoms with Crippen molar-refractivity contribution in [2.24, 2.45) is 0 Å². The second kappa shape index (κ2) is 7.23. The van der Waals surface area contributed by atoms with Crippen molar-refractivity contribution < 1.29 is 4.43 Å². The number of hydrogen-bond acceptors (Lipinski definition) is 1. The van der Waals surface area contributed by atoms with E-state index in [9.17, 15) is 0 Å². The van der Waals surface area contributed by atoms with Crippen LogP contribution >= 0.6 is 0 Å². The van der Waals surface area contributed by atoms with E-state index in [2.05, 4.69) is 73.1 Å². The molecule has 0 unspecified atom stereocenters. The molecule has 0 aliphatic carbocycles. The molecule has 0 N–H and O–H groups in total. The van der Waals surface area contributed by atoms with Gasteiger partial charge in [-0.2, -0.15) is 0 Å². The molecule has 0 rings (SSSR count). The van der Waals surface area contributed by atoms with Crippen LogP contribution in [0.1, 0.15) is 34.1 Å². The van der Waals surface area contributed by atoms with E-state index in [0.717, 1.165) is 6.42 Å². The van der Waals surface area contributed by atoms with E-state index in [1.165, 1.54) is 17.2 Å². The van der Waals surface area contributed by atoms with Gasteiger partial charge in [0, 0.05) is 8.07 Å². The van der Waals surface area contributed by atoms with Gasteiger partial charge >= 0.3 is 0 Å². The fraction of sp³-hybridized carbons (Fsp3) is 0.765. The Bertz CT molecular complexity index is 354. The summed E-state index contributed by atoms with van der Waals surface area (Å²) in [5.74, 6) is 0. The summed E-state index contributed by atoms with van der Waals surface area (Å²) in [5, 5.41) is 0.266. The van der Waals surface area contributed by atoms with Crippen LogP contribution in [0.5, 0.6) is 0 Å². The maximum absolute atomic E-state index is 6.28. The molecule has 3 heteroatoms. The van der Waals surface area contributed by atoms with Gasteiger partial charge < -0.3 is 4.43 Å². The van der Waals surface area contributed by atoms with Crippen molar-refractivity contribution in [1.29, 1.82) is 0 Å². The molecule has 0 heterocycles. The molecule has 0 atom stereocenters. The first kappa shape index (κ1) is 19.9. The summed E-state index contributed by atoms with van der Waals surface area (Å²) in [6.07, 6.45) is 3.47. The first-order valence-electron chi connectivity index (χ1n) is 7.81. The molecular formula is C17H36OSi2. The molecule has 0 amide bonds. The second-order valence-electron chi connectivity index (χ2n) is 8.50. The van der Waals surface area contributed by atoms with E-state index in [1.807, 2.05) is 0 Å². The smallest absolute Gasteiger partial charge is 0.192 e. The van der Waals surface area contributed by atoms with Crippen molar-refractivity contribution in [1.82, 2.24) is 0 Å². The van der Waals surface area contributed by atoms with Crippen molar-refractivity contribution in [3.8, 4) is 0 Å². The Labute approximate surface area is 129 Å². The summed E-state index contributed by atoms with van der Waals surface area (Å²) in [6.45, 7) is 25.8. The van der Waals surface area contributed by atoms with Crippen molar-refractivity contribution in [3.05, 3.63) is 23.8 Å². The largest absolute Gasteiger partial charge is 0.413 e. The van der Waals surface area contributed by atoms with Crippen molar-refractivity contribution in [2.75, 3.05) is 6.61 Å². The molecule has 0 saturated heterocycles. The Morgan fingerprint density at radius 3 is 1.95 bits per heavy atom. The Hall–Kier alpha value is -0.126. The Kier molecular flexibility index (Phi) is 7.19. The molecule has 0 fully saturated rings. The first-order chi connectivity index (χ1) is 8.80. The minimum absolute atomic E-state index is 0.266. The molecule has 0 spiro atoms. The van der Waals surface area contributed by atoms with Crippen LogP contribution in [0, 0.1) is 0 Å². The van der Waals surface area contributed by atoms with E-state index < -0.39 is 16.4 Å². The lowest BCUT2D eigenvalue weighted by Crippen LogP contribution is -2.41.